The molecule has 0 aromatic heterocycles. The Hall–Kier alpha value is -3.81. The minimum atomic E-state index is -0.493. The highest BCUT2D eigenvalue weighted by atomic mass is 35.5. The van der Waals surface area contributed by atoms with Gasteiger partial charge in [0.05, 0.1) is 0 Å². The summed E-state index contributed by atoms with van der Waals surface area (Å²) in [7, 11) is 0. The molecular formula is C27H23ClN2O2. The Balaban J connectivity index is 1.81. The third kappa shape index (κ3) is 5.87. The summed E-state index contributed by atoms with van der Waals surface area (Å²) in [5.74, 6) is 0.246. The topological polar surface area (TPSA) is 62.1 Å². The lowest BCUT2D eigenvalue weighted by atomic mass is 10.0. The van der Waals surface area contributed by atoms with Crippen LogP contribution >= 0.6 is 11.6 Å². The summed E-state index contributed by atoms with van der Waals surface area (Å²) in [6, 6.07) is 22.7. The number of hydrogen-bond acceptors (Lipinski definition) is 3. The van der Waals surface area contributed by atoms with Crippen molar-refractivity contribution in [3.63, 3.8) is 0 Å². The zero-order valence-electron chi connectivity index (χ0n) is 17.8. The number of nitrogens with one attached hydrogen (secondary N) is 1. The van der Waals surface area contributed by atoms with Crippen LogP contribution in [0, 0.1) is 18.3 Å². The zero-order valence-corrected chi connectivity index (χ0v) is 18.5. The van der Waals surface area contributed by atoms with Crippen LogP contribution in [0.2, 0.25) is 5.02 Å². The van der Waals surface area contributed by atoms with Crippen LogP contribution in [0.25, 0.3) is 6.08 Å². The number of carbonyl (C=O) groups is 1. The Morgan fingerprint density at radius 1 is 1.16 bits per heavy atom. The van der Waals surface area contributed by atoms with E-state index in [9.17, 15) is 10.1 Å². The monoisotopic (exact) mass is 442 g/mol. The number of halogens is 1. The smallest absolute Gasteiger partial charge is 0.266 e. The second kappa shape index (κ2) is 11.0. The molecule has 0 saturated heterocycles. The molecule has 0 heterocycles. The van der Waals surface area contributed by atoms with E-state index in [1.807, 2.05) is 61.5 Å². The second-order valence-corrected chi connectivity index (χ2v) is 7.58. The molecule has 4 nitrogen and oxygen atoms in total. The van der Waals surface area contributed by atoms with Gasteiger partial charge in [-0.05, 0) is 65.9 Å². The maximum absolute atomic E-state index is 12.7. The van der Waals surface area contributed by atoms with E-state index in [0.29, 0.717) is 23.7 Å². The third-order valence-electron chi connectivity index (χ3n) is 4.88. The highest BCUT2D eigenvalue weighted by Crippen LogP contribution is 2.25. The van der Waals surface area contributed by atoms with Crippen LogP contribution in [0.4, 0.5) is 5.69 Å². The minimum absolute atomic E-state index is 0.00752. The predicted octanol–water partition coefficient (Wildman–Crippen LogP) is 6.50. The molecule has 0 bridgehead atoms. The highest BCUT2D eigenvalue weighted by Gasteiger charge is 2.13. The predicted molar refractivity (Wildman–Crippen MR) is 130 cm³/mol. The van der Waals surface area contributed by atoms with E-state index in [0.717, 1.165) is 28.0 Å². The summed E-state index contributed by atoms with van der Waals surface area (Å²) in [6.45, 7) is 6.07. The van der Waals surface area contributed by atoms with Crippen molar-refractivity contribution >= 4 is 29.3 Å². The Morgan fingerprint density at radius 2 is 1.94 bits per heavy atom. The van der Waals surface area contributed by atoms with Crippen molar-refractivity contribution in [2.45, 2.75) is 20.0 Å². The van der Waals surface area contributed by atoms with Crippen molar-refractivity contribution in [1.82, 2.24) is 0 Å². The van der Waals surface area contributed by atoms with Gasteiger partial charge in [0.25, 0.3) is 5.91 Å². The van der Waals surface area contributed by atoms with Crippen molar-refractivity contribution in [2.75, 3.05) is 5.32 Å². The standard InChI is InChI=1S/C27H23ClN2O2/c1-3-8-22-15-21(13-14-26(22)32-18-20-9-5-4-6-10-20)16-23(17-29)27(31)30-25-12-7-11-24(28)19(25)2/h3-7,9-16H,1,8,18H2,2H3,(H,30,31)/b23-16+. The summed E-state index contributed by atoms with van der Waals surface area (Å²) < 4.78 is 5.99. The SMILES string of the molecule is C=CCc1cc(/C=C(\C#N)C(=O)Nc2cccc(Cl)c2C)ccc1OCc1ccccc1. The molecule has 0 fully saturated rings. The van der Waals surface area contributed by atoms with Crippen molar-refractivity contribution < 1.29 is 9.53 Å². The molecular weight excluding hydrogens is 420 g/mol. The number of allylic oxidation sites excluding steroid dienone is 1. The molecule has 1 N–H and O–H groups in total. The van der Waals surface area contributed by atoms with Crippen molar-refractivity contribution in [3.05, 3.63) is 112 Å². The van der Waals surface area contributed by atoms with Gasteiger partial charge in [-0.2, -0.15) is 5.26 Å². The normalized spacial score (nSPS) is 10.8. The van der Waals surface area contributed by atoms with E-state index in [1.165, 1.54) is 0 Å². The number of nitrogens with zero attached hydrogens (tertiary/aromatic N) is 1. The molecule has 3 aromatic carbocycles. The average Bonchev–Trinajstić information content (AvgIpc) is 2.80. The van der Waals surface area contributed by atoms with E-state index >= 15 is 0 Å². The lowest BCUT2D eigenvalue weighted by Gasteiger charge is -2.12. The average molecular weight is 443 g/mol. The van der Waals surface area contributed by atoms with Crippen molar-refractivity contribution in [3.8, 4) is 11.8 Å². The van der Waals surface area contributed by atoms with Gasteiger partial charge in [-0.15, -0.1) is 6.58 Å². The quantitative estimate of drug-likeness (QED) is 0.246. The molecule has 0 radical (unpaired) electrons. The fourth-order valence-corrected chi connectivity index (χ4v) is 3.30. The molecule has 3 rings (SSSR count). The van der Waals surface area contributed by atoms with Gasteiger partial charge in [-0.3, -0.25) is 4.79 Å². The van der Waals surface area contributed by atoms with Gasteiger partial charge in [-0.1, -0.05) is 60.1 Å². The molecule has 32 heavy (non-hydrogen) atoms. The lowest BCUT2D eigenvalue weighted by molar-refractivity contribution is -0.112. The molecule has 3 aromatic rings. The van der Waals surface area contributed by atoms with Crippen LogP contribution in [-0.4, -0.2) is 5.91 Å². The van der Waals surface area contributed by atoms with Crippen molar-refractivity contribution in [1.29, 1.82) is 5.26 Å². The van der Waals surface area contributed by atoms with Crippen LogP contribution in [0.15, 0.2) is 85.0 Å². The Morgan fingerprint density at radius 3 is 2.66 bits per heavy atom. The number of benzene rings is 3. The first-order valence-electron chi connectivity index (χ1n) is 10.1. The van der Waals surface area contributed by atoms with E-state index < -0.39 is 5.91 Å². The van der Waals surface area contributed by atoms with E-state index in [2.05, 4.69) is 11.9 Å². The molecule has 5 heteroatoms. The van der Waals surface area contributed by atoms with Crippen LogP contribution in [0.1, 0.15) is 22.3 Å². The molecule has 0 spiro atoms. The molecule has 0 unspecified atom stereocenters. The Kier molecular flexibility index (Phi) is 7.85. The molecule has 0 atom stereocenters. The summed E-state index contributed by atoms with van der Waals surface area (Å²) in [5.41, 5.74) is 4.03. The van der Waals surface area contributed by atoms with Gasteiger partial charge in [0.2, 0.25) is 0 Å². The minimum Gasteiger partial charge on any atom is -0.489 e. The maximum atomic E-state index is 12.7. The number of carbonyl (C=O) groups excluding carboxylic acids is 1. The van der Waals surface area contributed by atoms with Crippen LogP contribution in [0.3, 0.4) is 0 Å². The number of ether oxygens (including phenoxy) is 1. The molecule has 1 amide bonds. The van der Waals surface area contributed by atoms with E-state index in [1.54, 1.807) is 30.4 Å². The van der Waals surface area contributed by atoms with Gasteiger partial charge >= 0.3 is 0 Å². The highest BCUT2D eigenvalue weighted by molar-refractivity contribution is 6.31. The zero-order chi connectivity index (χ0) is 22.9. The first kappa shape index (κ1) is 22.9. The number of hydrogen-bond donors (Lipinski definition) is 1. The fraction of sp³-hybridized carbons (Fsp3) is 0.111. The first-order chi connectivity index (χ1) is 15.5. The second-order valence-electron chi connectivity index (χ2n) is 7.17. The summed E-state index contributed by atoms with van der Waals surface area (Å²) in [4.78, 5) is 12.7. The lowest BCUT2D eigenvalue weighted by Crippen LogP contribution is -2.14. The number of amides is 1. The van der Waals surface area contributed by atoms with Crippen LogP contribution < -0.4 is 10.1 Å². The Labute approximate surface area is 193 Å². The Bertz CT molecular complexity index is 1190. The van der Waals surface area contributed by atoms with Crippen LogP contribution in [-0.2, 0) is 17.8 Å². The van der Waals surface area contributed by atoms with Gasteiger partial charge < -0.3 is 10.1 Å². The van der Waals surface area contributed by atoms with Crippen molar-refractivity contribution in [2.24, 2.45) is 0 Å². The third-order valence-corrected chi connectivity index (χ3v) is 5.29. The molecule has 160 valence electrons. The van der Waals surface area contributed by atoms with Gasteiger partial charge in [0.15, 0.2) is 0 Å². The maximum Gasteiger partial charge on any atom is 0.266 e. The van der Waals surface area contributed by atoms with E-state index in [-0.39, 0.29) is 5.57 Å². The molecule has 0 aliphatic carbocycles. The summed E-state index contributed by atoms with van der Waals surface area (Å²) >= 11 is 6.12. The molecule has 0 aliphatic heterocycles. The fourth-order valence-electron chi connectivity index (χ4n) is 3.13. The summed E-state index contributed by atoms with van der Waals surface area (Å²) in [5, 5.41) is 12.9. The van der Waals surface area contributed by atoms with Gasteiger partial charge in [-0.25, -0.2) is 0 Å². The summed E-state index contributed by atoms with van der Waals surface area (Å²) in [6.07, 6.45) is 3.95. The number of nitriles is 1. The molecule has 0 saturated carbocycles. The molecule has 0 aliphatic rings. The largest absolute Gasteiger partial charge is 0.489 e. The number of anilines is 1. The van der Waals surface area contributed by atoms with Crippen LogP contribution in [0.5, 0.6) is 5.75 Å². The van der Waals surface area contributed by atoms with Gasteiger partial charge in [0.1, 0.15) is 24.0 Å². The van der Waals surface area contributed by atoms with Gasteiger partial charge in [0, 0.05) is 10.7 Å². The van der Waals surface area contributed by atoms with E-state index in [4.69, 9.17) is 16.3 Å². The number of rotatable bonds is 8. The first-order valence-corrected chi connectivity index (χ1v) is 10.5.